The lowest BCUT2D eigenvalue weighted by molar-refractivity contribution is 0.00000730. The highest BCUT2D eigenvalue weighted by Crippen LogP contribution is 2.44. The van der Waals surface area contributed by atoms with Crippen molar-refractivity contribution in [3.05, 3.63) is 42.5 Å². The highest BCUT2D eigenvalue weighted by molar-refractivity contribution is 7.91. The number of hydrogen-bond acceptors (Lipinski definition) is 3. The van der Waals surface area contributed by atoms with Crippen LogP contribution in [0.2, 0.25) is 0 Å². The van der Waals surface area contributed by atoms with Crippen LogP contribution in [-0.4, -0.2) is 25.4 Å². The van der Waals surface area contributed by atoms with Gasteiger partial charge >= 0.3 is 0 Å². The molecule has 1 aromatic rings. The van der Waals surface area contributed by atoms with Gasteiger partial charge < -0.3 is 5.11 Å². The number of rotatable bonds is 3. The van der Waals surface area contributed by atoms with E-state index in [2.05, 4.69) is 6.58 Å². The van der Waals surface area contributed by atoms with Crippen molar-refractivity contribution in [3.63, 3.8) is 0 Å². The molecule has 0 unspecified atom stereocenters. The van der Waals surface area contributed by atoms with Gasteiger partial charge in [-0.2, -0.15) is 0 Å². The molecular weight excluding hydrogens is 272 g/mol. The van der Waals surface area contributed by atoms with E-state index in [0.29, 0.717) is 17.7 Å². The van der Waals surface area contributed by atoms with Gasteiger partial charge in [0.05, 0.1) is 16.8 Å². The number of aliphatic hydroxyl groups excluding tert-OH is 1. The van der Waals surface area contributed by atoms with Crippen LogP contribution in [0, 0.1) is 11.3 Å². The minimum absolute atomic E-state index is 0.0138. The fraction of sp³-hybridized carbons (Fsp3) is 0.500. The third-order valence-corrected chi connectivity index (χ3v) is 6.24. The molecule has 1 N–H and O–H groups in total. The van der Waals surface area contributed by atoms with E-state index < -0.39 is 21.4 Å². The highest BCUT2D eigenvalue weighted by Gasteiger charge is 2.43. The van der Waals surface area contributed by atoms with E-state index in [9.17, 15) is 13.5 Å². The van der Waals surface area contributed by atoms with E-state index in [1.807, 2.05) is 13.8 Å². The van der Waals surface area contributed by atoms with Crippen LogP contribution in [0.15, 0.2) is 47.4 Å². The summed E-state index contributed by atoms with van der Waals surface area (Å²) in [7, 11) is -3.36. The number of allylic oxidation sites excluding steroid dienone is 1. The summed E-state index contributed by atoms with van der Waals surface area (Å²) in [5, 5.41) is 10.2. The SMILES string of the molecule is C=C1CC[C@H](O)C(C)(C)[C@@H]1CS(=O)(=O)c1ccccc1. The Labute approximate surface area is 121 Å². The van der Waals surface area contributed by atoms with Crippen LogP contribution in [0.5, 0.6) is 0 Å². The molecule has 0 spiro atoms. The molecule has 0 heterocycles. The molecule has 2 rings (SSSR count). The molecule has 0 amide bonds. The van der Waals surface area contributed by atoms with Crippen LogP contribution in [0.4, 0.5) is 0 Å². The third kappa shape index (κ3) is 2.81. The molecule has 0 aliphatic heterocycles. The topological polar surface area (TPSA) is 54.4 Å². The average Bonchev–Trinajstić information content (AvgIpc) is 2.41. The fourth-order valence-corrected chi connectivity index (χ4v) is 4.77. The Morgan fingerprint density at radius 1 is 1.30 bits per heavy atom. The predicted octanol–water partition coefficient (Wildman–Crippen LogP) is 2.81. The molecule has 1 aliphatic carbocycles. The Balaban J connectivity index is 2.30. The molecule has 110 valence electrons. The van der Waals surface area contributed by atoms with E-state index in [1.54, 1.807) is 30.3 Å². The van der Waals surface area contributed by atoms with E-state index in [1.165, 1.54) is 0 Å². The number of aliphatic hydroxyl groups is 1. The quantitative estimate of drug-likeness (QED) is 0.872. The maximum absolute atomic E-state index is 12.5. The summed E-state index contributed by atoms with van der Waals surface area (Å²) in [6.45, 7) is 7.88. The summed E-state index contributed by atoms with van der Waals surface area (Å²) in [4.78, 5) is 0.337. The fourth-order valence-electron chi connectivity index (χ4n) is 2.90. The first kappa shape index (κ1) is 15.3. The first-order valence-electron chi connectivity index (χ1n) is 6.88. The van der Waals surface area contributed by atoms with Crippen LogP contribution in [0.1, 0.15) is 26.7 Å². The molecule has 20 heavy (non-hydrogen) atoms. The lowest BCUT2D eigenvalue weighted by atomic mass is 9.66. The second kappa shape index (κ2) is 5.34. The largest absolute Gasteiger partial charge is 0.393 e. The molecule has 1 saturated carbocycles. The summed E-state index contributed by atoms with van der Waals surface area (Å²) in [5.41, 5.74) is 0.469. The van der Waals surface area contributed by atoms with Gasteiger partial charge in [-0.05, 0) is 30.4 Å². The van der Waals surface area contributed by atoms with Gasteiger partial charge in [0, 0.05) is 5.92 Å². The lowest BCUT2D eigenvalue weighted by Crippen LogP contribution is -2.44. The maximum Gasteiger partial charge on any atom is 0.178 e. The molecule has 0 aromatic heterocycles. The Morgan fingerprint density at radius 3 is 2.50 bits per heavy atom. The van der Waals surface area contributed by atoms with Gasteiger partial charge in [-0.25, -0.2) is 8.42 Å². The third-order valence-electron chi connectivity index (χ3n) is 4.48. The number of sulfone groups is 1. The van der Waals surface area contributed by atoms with Crippen molar-refractivity contribution < 1.29 is 13.5 Å². The summed E-state index contributed by atoms with van der Waals surface area (Å²) in [5.74, 6) is -0.198. The second-order valence-electron chi connectivity index (χ2n) is 6.18. The minimum atomic E-state index is -3.36. The Bertz CT molecular complexity index is 587. The zero-order valence-corrected chi connectivity index (χ0v) is 12.9. The smallest absolute Gasteiger partial charge is 0.178 e. The molecule has 0 bridgehead atoms. The van der Waals surface area contributed by atoms with Gasteiger partial charge in [-0.1, -0.05) is 44.2 Å². The molecule has 1 fully saturated rings. The Hall–Kier alpha value is -1.13. The first-order chi connectivity index (χ1) is 9.25. The summed E-state index contributed by atoms with van der Waals surface area (Å²) >= 11 is 0. The molecule has 1 aromatic carbocycles. The van der Waals surface area contributed by atoms with Gasteiger partial charge in [0.15, 0.2) is 9.84 Å². The van der Waals surface area contributed by atoms with Crippen molar-refractivity contribution in [1.29, 1.82) is 0 Å². The number of hydrogen-bond donors (Lipinski definition) is 1. The minimum Gasteiger partial charge on any atom is -0.393 e. The number of benzene rings is 1. The van der Waals surface area contributed by atoms with E-state index in [4.69, 9.17) is 0 Å². The average molecular weight is 294 g/mol. The molecule has 0 saturated heterocycles. The Kier molecular flexibility index (Phi) is 4.07. The van der Waals surface area contributed by atoms with E-state index >= 15 is 0 Å². The van der Waals surface area contributed by atoms with E-state index in [0.717, 1.165) is 5.57 Å². The predicted molar refractivity (Wildman–Crippen MR) is 80.1 cm³/mol. The monoisotopic (exact) mass is 294 g/mol. The molecule has 4 heteroatoms. The van der Waals surface area contributed by atoms with Crippen molar-refractivity contribution in [2.45, 2.75) is 37.7 Å². The van der Waals surface area contributed by atoms with Gasteiger partial charge in [0.1, 0.15) is 0 Å². The van der Waals surface area contributed by atoms with Crippen molar-refractivity contribution >= 4 is 9.84 Å². The van der Waals surface area contributed by atoms with Gasteiger partial charge in [-0.3, -0.25) is 0 Å². The lowest BCUT2D eigenvalue weighted by Gasteiger charge is -2.43. The van der Waals surface area contributed by atoms with Gasteiger partial charge in [-0.15, -0.1) is 0 Å². The van der Waals surface area contributed by atoms with Crippen molar-refractivity contribution in [1.82, 2.24) is 0 Å². The summed E-state index contributed by atoms with van der Waals surface area (Å²) in [6.07, 6.45) is 0.872. The van der Waals surface area contributed by atoms with Crippen molar-refractivity contribution in [3.8, 4) is 0 Å². The zero-order chi connectivity index (χ0) is 15.0. The summed E-state index contributed by atoms with van der Waals surface area (Å²) in [6, 6.07) is 8.48. The normalized spacial score (nSPS) is 26.4. The zero-order valence-electron chi connectivity index (χ0n) is 12.0. The first-order valence-corrected chi connectivity index (χ1v) is 8.54. The van der Waals surface area contributed by atoms with Crippen LogP contribution < -0.4 is 0 Å². The molecule has 3 nitrogen and oxygen atoms in total. The molecule has 2 atom stereocenters. The molecular formula is C16H22O3S. The van der Waals surface area contributed by atoms with Crippen LogP contribution in [0.3, 0.4) is 0 Å². The highest BCUT2D eigenvalue weighted by atomic mass is 32.2. The van der Waals surface area contributed by atoms with Crippen molar-refractivity contribution in [2.24, 2.45) is 11.3 Å². The molecule has 1 aliphatic rings. The standard InChI is InChI=1S/C16H22O3S/c1-12-9-10-15(17)16(2,3)14(12)11-20(18,19)13-7-5-4-6-8-13/h4-8,14-15,17H,1,9-11H2,2-3H3/t14-,15+/m1/s1. The maximum atomic E-state index is 12.5. The van der Waals surface area contributed by atoms with E-state index in [-0.39, 0.29) is 11.7 Å². The van der Waals surface area contributed by atoms with Crippen LogP contribution in [0.25, 0.3) is 0 Å². The van der Waals surface area contributed by atoms with Gasteiger partial charge in [0.2, 0.25) is 0 Å². The second-order valence-corrected chi connectivity index (χ2v) is 8.22. The van der Waals surface area contributed by atoms with Gasteiger partial charge in [0.25, 0.3) is 0 Å². The molecule has 0 radical (unpaired) electrons. The Morgan fingerprint density at radius 2 is 1.90 bits per heavy atom. The van der Waals surface area contributed by atoms with Crippen LogP contribution >= 0.6 is 0 Å². The van der Waals surface area contributed by atoms with Crippen molar-refractivity contribution in [2.75, 3.05) is 5.75 Å². The van der Waals surface area contributed by atoms with Crippen LogP contribution in [-0.2, 0) is 9.84 Å². The summed E-state index contributed by atoms with van der Waals surface area (Å²) < 4.78 is 25.0.